The zero-order valence-electron chi connectivity index (χ0n) is 12.3. The van der Waals surface area contributed by atoms with Crippen LogP contribution in [0, 0.1) is 18.3 Å². The second-order valence-corrected chi connectivity index (χ2v) is 6.48. The minimum atomic E-state index is -0.859. The van der Waals surface area contributed by atoms with Crippen LogP contribution in [0.25, 0.3) is 0 Å². The van der Waals surface area contributed by atoms with E-state index in [0.717, 1.165) is 18.4 Å². The van der Waals surface area contributed by atoms with Crippen LogP contribution in [0.1, 0.15) is 53.4 Å². The fraction of sp³-hybridized carbons (Fsp3) is 0.733. The van der Waals surface area contributed by atoms with Gasteiger partial charge in [-0.2, -0.15) is 0 Å². The lowest BCUT2D eigenvalue weighted by atomic mass is 9.78. The molecule has 1 saturated carbocycles. The summed E-state index contributed by atoms with van der Waals surface area (Å²) in [4.78, 5) is 0. The Morgan fingerprint density at radius 3 is 2.11 bits per heavy atom. The van der Waals surface area contributed by atoms with Crippen LogP contribution >= 0.6 is 0 Å². The van der Waals surface area contributed by atoms with E-state index in [1.165, 1.54) is 0 Å². The normalized spacial score (nSPS) is 29.2. The van der Waals surface area contributed by atoms with Crippen molar-refractivity contribution in [2.24, 2.45) is 5.92 Å². The molecule has 104 valence electrons. The van der Waals surface area contributed by atoms with E-state index in [-0.39, 0.29) is 11.6 Å². The summed E-state index contributed by atoms with van der Waals surface area (Å²) in [6, 6.07) is 0. The summed E-state index contributed by atoms with van der Waals surface area (Å²) < 4.78 is 26.0. The van der Waals surface area contributed by atoms with Crippen LogP contribution in [0.5, 0.6) is 0 Å². The Hall–Kier alpha value is -0.785. The molecule has 2 nitrogen and oxygen atoms in total. The fourth-order valence-corrected chi connectivity index (χ4v) is 2.48. The highest BCUT2D eigenvalue weighted by Gasteiger charge is 2.53. The molecule has 0 aromatic carbocycles. The van der Waals surface area contributed by atoms with Crippen molar-refractivity contribution in [2.75, 3.05) is 0 Å². The van der Waals surface area contributed by atoms with E-state index in [0.29, 0.717) is 12.8 Å². The van der Waals surface area contributed by atoms with E-state index in [4.69, 9.17) is 15.7 Å². The molecule has 2 aliphatic rings. The van der Waals surface area contributed by atoms with Gasteiger partial charge in [0, 0.05) is 5.92 Å². The average molecular weight is 264 g/mol. The molecule has 1 aliphatic carbocycles. The van der Waals surface area contributed by atoms with Crippen LogP contribution in [0.3, 0.4) is 0 Å². The van der Waals surface area contributed by atoms with E-state index < -0.39 is 18.3 Å². The molecule has 0 aromatic heterocycles. The average Bonchev–Trinajstić information content (AvgIpc) is 2.58. The van der Waals surface area contributed by atoms with Crippen LogP contribution in [-0.4, -0.2) is 18.3 Å². The third-order valence-electron chi connectivity index (χ3n) is 4.62. The molecule has 0 radical (unpaired) electrons. The fourth-order valence-electron chi connectivity index (χ4n) is 2.48. The molecule has 4 heteroatoms. The molecular formula is C15H22BFO2. The predicted octanol–water partition coefficient (Wildman–Crippen LogP) is 3.66. The third-order valence-corrected chi connectivity index (χ3v) is 4.62. The lowest BCUT2D eigenvalue weighted by Crippen LogP contribution is -2.41. The quantitative estimate of drug-likeness (QED) is 0.531. The largest absolute Gasteiger partial charge is 0.525 e. The summed E-state index contributed by atoms with van der Waals surface area (Å²) in [6.45, 7) is 7.72. The van der Waals surface area contributed by atoms with Crippen molar-refractivity contribution in [3.63, 3.8) is 0 Å². The van der Waals surface area contributed by atoms with E-state index in [1.54, 1.807) is 0 Å². The molecule has 1 saturated heterocycles. The zero-order valence-corrected chi connectivity index (χ0v) is 12.3. The summed E-state index contributed by atoms with van der Waals surface area (Å²) in [5.41, 5.74) is -0.420. The van der Waals surface area contributed by atoms with Gasteiger partial charge in [-0.15, -0.1) is 12.3 Å². The van der Waals surface area contributed by atoms with Gasteiger partial charge >= 0.3 is 7.12 Å². The SMILES string of the molecule is C#CC1CCC(=C(F)B2OC(C)(C)C(C)(C)O2)CC1. The number of rotatable bonds is 1. The Morgan fingerprint density at radius 2 is 1.68 bits per heavy atom. The Bertz CT molecular complexity index is 408. The maximum atomic E-state index is 14.5. The monoisotopic (exact) mass is 264 g/mol. The first kappa shape index (κ1) is 14.6. The first-order valence-electron chi connectivity index (χ1n) is 6.96. The predicted molar refractivity (Wildman–Crippen MR) is 75.0 cm³/mol. The molecule has 0 spiro atoms. The smallest absolute Gasteiger partial charge is 0.398 e. The molecule has 2 fully saturated rings. The van der Waals surface area contributed by atoms with Crippen LogP contribution in [-0.2, 0) is 9.31 Å². The topological polar surface area (TPSA) is 18.5 Å². The molecule has 0 unspecified atom stereocenters. The molecule has 2 rings (SSSR count). The van der Waals surface area contributed by atoms with Gasteiger partial charge in [0.05, 0.1) is 11.2 Å². The zero-order chi connectivity index (χ0) is 14.3. The molecule has 19 heavy (non-hydrogen) atoms. The van der Waals surface area contributed by atoms with Crippen LogP contribution in [0.2, 0.25) is 0 Å². The molecular weight excluding hydrogens is 242 g/mol. The molecule has 0 amide bonds. The molecule has 1 heterocycles. The summed E-state index contributed by atoms with van der Waals surface area (Å²) in [6.07, 6.45) is 8.55. The summed E-state index contributed by atoms with van der Waals surface area (Å²) >= 11 is 0. The van der Waals surface area contributed by atoms with Gasteiger partial charge < -0.3 is 9.31 Å². The van der Waals surface area contributed by atoms with Crippen molar-refractivity contribution in [2.45, 2.75) is 64.6 Å². The maximum Gasteiger partial charge on any atom is 0.525 e. The molecule has 0 N–H and O–H groups in total. The van der Waals surface area contributed by atoms with Crippen LogP contribution in [0.4, 0.5) is 4.39 Å². The molecule has 0 aromatic rings. The van der Waals surface area contributed by atoms with Gasteiger partial charge in [-0.1, -0.05) is 0 Å². The van der Waals surface area contributed by atoms with Gasteiger partial charge in [0.25, 0.3) is 0 Å². The lowest BCUT2D eigenvalue weighted by Gasteiger charge is -2.32. The number of hydrogen-bond donors (Lipinski definition) is 0. The standard InChI is InChI=1S/C15H22BFO2/c1-6-11-7-9-12(10-8-11)13(17)16-18-14(2,3)15(4,5)19-16/h1,11H,7-10H2,2-5H3. The van der Waals surface area contributed by atoms with Gasteiger partial charge in [0.1, 0.15) is 5.73 Å². The van der Waals surface area contributed by atoms with Crippen molar-refractivity contribution >= 4 is 7.12 Å². The maximum absolute atomic E-state index is 14.5. The summed E-state index contributed by atoms with van der Waals surface area (Å²) in [5, 5.41) is 0. The minimum absolute atomic E-state index is 0.242. The van der Waals surface area contributed by atoms with Crippen LogP contribution < -0.4 is 0 Å². The molecule has 1 aliphatic heterocycles. The Morgan fingerprint density at radius 1 is 1.21 bits per heavy atom. The third kappa shape index (κ3) is 2.73. The first-order valence-corrected chi connectivity index (χ1v) is 6.96. The first-order chi connectivity index (χ1) is 8.77. The number of halogens is 1. The number of allylic oxidation sites excluding steroid dienone is 1. The Kier molecular flexibility index (Phi) is 3.82. The second kappa shape index (κ2) is 4.96. The summed E-state index contributed by atoms with van der Waals surface area (Å²) in [7, 11) is -0.859. The highest BCUT2D eigenvalue weighted by Crippen LogP contribution is 2.41. The Balaban J connectivity index is 2.10. The molecule has 0 atom stereocenters. The van der Waals surface area contributed by atoms with Crippen molar-refractivity contribution in [1.82, 2.24) is 0 Å². The minimum Gasteiger partial charge on any atom is -0.398 e. The molecule has 0 bridgehead atoms. The van der Waals surface area contributed by atoms with E-state index in [9.17, 15) is 4.39 Å². The van der Waals surface area contributed by atoms with Gasteiger partial charge in [0.15, 0.2) is 0 Å². The highest BCUT2D eigenvalue weighted by molar-refractivity contribution is 6.53. The van der Waals surface area contributed by atoms with E-state index in [1.807, 2.05) is 27.7 Å². The van der Waals surface area contributed by atoms with Crippen LogP contribution in [0.15, 0.2) is 11.3 Å². The van der Waals surface area contributed by atoms with Gasteiger partial charge in [0.2, 0.25) is 0 Å². The second-order valence-electron chi connectivity index (χ2n) is 6.48. The van der Waals surface area contributed by atoms with Gasteiger partial charge in [-0.05, 0) is 59.0 Å². The van der Waals surface area contributed by atoms with Crippen molar-refractivity contribution in [3.05, 3.63) is 11.3 Å². The van der Waals surface area contributed by atoms with Gasteiger partial charge in [-0.3, -0.25) is 0 Å². The highest BCUT2D eigenvalue weighted by atomic mass is 19.1. The Labute approximate surface area is 115 Å². The summed E-state index contributed by atoms with van der Waals surface area (Å²) in [5.74, 6) is 3.04. The number of hydrogen-bond acceptors (Lipinski definition) is 2. The lowest BCUT2D eigenvalue weighted by molar-refractivity contribution is 0.00578. The van der Waals surface area contributed by atoms with E-state index in [2.05, 4.69) is 5.92 Å². The van der Waals surface area contributed by atoms with E-state index >= 15 is 0 Å². The van der Waals surface area contributed by atoms with Crippen molar-refractivity contribution in [3.8, 4) is 12.3 Å². The van der Waals surface area contributed by atoms with Crippen molar-refractivity contribution in [1.29, 1.82) is 0 Å². The van der Waals surface area contributed by atoms with Crippen molar-refractivity contribution < 1.29 is 13.7 Å². The number of terminal acetylenes is 1. The van der Waals surface area contributed by atoms with Gasteiger partial charge in [-0.25, -0.2) is 4.39 Å².